The summed E-state index contributed by atoms with van der Waals surface area (Å²) < 4.78 is 0. The Hall–Kier alpha value is -1.42. The van der Waals surface area contributed by atoms with Gasteiger partial charge in [0, 0.05) is 17.9 Å². The summed E-state index contributed by atoms with van der Waals surface area (Å²) in [7, 11) is 0. The first kappa shape index (κ1) is 9.67. The van der Waals surface area contributed by atoms with Gasteiger partial charge in [-0.1, -0.05) is 6.07 Å². The van der Waals surface area contributed by atoms with Gasteiger partial charge in [-0.15, -0.1) is 0 Å². The van der Waals surface area contributed by atoms with Crippen LogP contribution in [0.4, 0.5) is 0 Å². The molecule has 0 bridgehead atoms. The van der Waals surface area contributed by atoms with Crippen molar-refractivity contribution >= 4 is 5.97 Å². The van der Waals surface area contributed by atoms with E-state index in [2.05, 4.69) is 4.98 Å². The van der Waals surface area contributed by atoms with Crippen LogP contribution >= 0.6 is 0 Å². The number of aryl methyl sites for hydroxylation is 1. The Bertz CT molecular complexity index is 295. The molecule has 0 aromatic carbocycles. The van der Waals surface area contributed by atoms with Gasteiger partial charge in [-0.05, 0) is 18.6 Å². The molecule has 0 radical (unpaired) electrons. The molecule has 1 heterocycles. The van der Waals surface area contributed by atoms with Gasteiger partial charge in [0.05, 0.1) is 6.42 Å². The second-order valence-corrected chi connectivity index (χ2v) is 2.94. The van der Waals surface area contributed by atoms with Crippen LogP contribution in [0.3, 0.4) is 0 Å². The summed E-state index contributed by atoms with van der Waals surface area (Å²) in [6.07, 6.45) is 1.55. The Labute approximate surface area is 76.4 Å². The number of aliphatic carboxylic acids is 1. The zero-order chi connectivity index (χ0) is 9.84. The topological polar surface area (TPSA) is 76.2 Å². The normalized spacial score (nSPS) is 12.5. The van der Waals surface area contributed by atoms with Gasteiger partial charge in [-0.3, -0.25) is 9.78 Å². The van der Waals surface area contributed by atoms with E-state index in [1.165, 1.54) is 0 Å². The molecule has 1 unspecified atom stereocenters. The largest absolute Gasteiger partial charge is 0.481 e. The van der Waals surface area contributed by atoms with Crippen LogP contribution in [-0.2, 0) is 4.79 Å². The lowest BCUT2D eigenvalue weighted by Gasteiger charge is -2.08. The molecule has 1 aromatic heterocycles. The molecule has 0 fully saturated rings. The van der Waals surface area contributed by atoms with Crippen molar-refractivity contribution < 1.29 is 9.90 Å². The molecule has 0 aliphatic carbocycles. The predicted octanol–water partition coefficient (Wildman–Crippen LogP) is 0.865. The van der Waals surface area contributed by atoms with E-state index in [0.29, 0.717) is 0 Å². The van der Waals surface area contributed by atoms with Crippen LogP contribution in [0.5, 0.6) is 0 Å². The second kappa shape index (κ2) is 4.00. The standard InChI is InChI=1S/C9H12N2O2/c1-6-2-3-7(5-11-6)8(10)4-9(12)13/h2-3,5,8H,4,10H2,1H3,(H,12,13). The van der Waals surface area contributed by atoms with Gasteiger partial charge >= 0.3 is 5.97 Å². The van der Waals surface area contributed by atoms with Gasteiger partial charge in [0.2, 0.25) is 0 Å². The maximum Gasteiger partial charge on any atom is 0.305 e. The highest BCUT2D eigenvalue weighted by molar-refractivity contribution is 5.67. The Balaban J connectivity index is 2.71. The summed E-state index contributed by atoms with van der Waals surface area (Å²) in [6, 6.07) is 3.15. The number of carbonyl (C=O) groups is 1. The maximum absolute atomic E-state index is 10.3. The van der Waals surface area contributed by atoms with Crippen LogP contribution in [0.25, 0.3) is 0 Å². The fraction of sp³-hybridized carbons (Fsp3) is 0.333. The monoisotopic (exact) mass is 180 g/mol. The van der Waals surface area contributed by atoms with Gasteiger partial charge in [0.1, 0.15) is 0 Å². The maximum atomic E-state index is 10.3. The van der Waals surface area contributed by atoms with Crippen LogP contribution in [0.15, 0.2) is 18.3 Å². The summed E-state index contributed by atoms with van der Waals surface area (Å²) in [5.41, 5.74) is 7.28. The van der Waals surface area contributed by atoms with Crippen molar-refractivity contribution in [3.05, 3.63) is 29.6 Å². The van der Waals surface area contributed by atoms with Crippen molar-refractivity contribution in [3.63, 3.8) is 0 Å². The molecule has 4 heteroatoms. The van der Waals surface area contributed by atoms with Crippen LogP contribution in [0.1, 0.15) is 23.7 Å². The average molecular weight is 180 g/mol. The summed E-state index contributed by atoms with van der Waals surface area (Å²) in [5, 5.41) is 8.50. The highest BCUT2D eigenvalue weighted by Crippen LogP contribution is 2.12. The molecule has 13 heavy (non-hydrogen) atoms. The smallest absolute Gasteiger partial charge is 0.305 e. The quantitative estimate of drug-likeness (QED) is 0.723. The molecule has 0 aliphatic rings. The van der Waals surface area contributed by atoms with Crippen molar-refractivity contribution in [1.29, 1.82) is 0 Å². The van der Waals surface area contributed by atoms with Crippen LogP contribution in [0.2, 0.25) is 0 Å². The zero-order valence-corrected chi connectivity index (χ0v) is 7.40. The fourth-order valence-electron chi connectivity index (χ4n) is 1.00. The van der Waals surface area contributed by atoms with Crippen molar-refractivity contribution in [2.75, 3.05) is 0 Å². The lowest BCUT2D eigenvalue weighted by atomic mass is 10.1. The molecular formula is C9H12N2O2. The number of hydrogen-bond donors (Lipinski definition) is 2. The van der Waals surface area contributed by atoms with Crippen molar-refractivity contribution in [2.45, 2.75) is 19.4 Å². The van der Waals surface area contributed by atoms with E-state index < -0.39 is 12.0 Å². The molecule has 0 saturated carbocycles. The second-order valence-electron chi connectivity index (χ2n) is 2.94. The zero-order valence-electron chi connectivity index (χ0n) is 7.40. The number of hydrogen-bond acceptors (Lipinski definition) is 3. The minimum atomic E-state index is -0.895. The molecule has 1 aromatic rings. The third-order valence-electron chi connectivity index (χ3n) is 1.76. The van der Waals surface area contributed by atoms with Gasteiger partial charge in [-0.25, -0.2) is 0 Å². The number of carboxylic acid groups (broad SMARTS) is 1. The molecular weight excluding hydrogens is 168 g/mol. The summed E-state index contributed by atoms with van der Waals surface area (Å²) in [6.45, 7) is 1.87. The number of rotatable bonds is 3. The third-order valence-corrected chi connectivity index (χ3v) is 1.76. The first-order valence-electron chi connectivity index (χ1n) is 3.99. The molecule has 0 aliphatic heterocycles. The minimum Gasteiger partial charge on any atom is -0.481 e. The molecule has 1 rings (SSSR count). The first-order valence-corrected chi connectivity index (χ1v) is 3.99. The van der Waals surface area contributed by atoms with Gasteiger partial charge in [-0.2, -0.15) is 0 Å². The molecule has 70 valence electrons. The molecule has 0 amide bonds. The molecule has 4 nitrogen and oxygen atoms in total. The number of pyridine rings is 1. The highest BCUT2D eigenvalue weighted by atomic mass is 16.4. The van der Waals surface area contributed by atoms with Gasteiger partial charge in [0.25, 0.3) is 0 Å². The summed E-state index contributed by atoms with van der Waals surface area (Å²) >= 11 is 0. The van der Waals surface area contributed by atoms with E-state index in [0.717, 1.165) is 11.3 Å². The third kappa shape index (κ3) is 2.83. The number of aromatic nitrogens is 1. The number of carboxylic acids is 1. The van der Waals surface area contributed by atoms with E-state index >= 15 is 0 Å². The Morgan fingerprint density at radius 1 is 1.69 bits per heavy atom. The minimum absolute atomic E-state index is 0.0647. The van der Waals surface area contributed by atoms with Gasteiger partial charge < -0.3 is 10.8 Å². The molecule has 1 atom stereocenters. The lowest BCUT2D eigenvalue weighted by molar-refractivity contribution is -0.137. The number of nitrogens with zero attached hydrogens (tertiary/aromatic N) is 1. The Morgan fingerprint density at radius 3 is 2.85 bits per heavy atom. The van der Waals surface area contributed by atoms with Gasteiger partial charge in [0.15, 0.2) is 0 Å². The SMILES string of the molecule is Cc1ccc(C(N)CC(=O)O)cn1. The van der Waals surface area contributed by atoms with E-state index in [1.807, 2.05) is 13.0 Å². The van der Waals surface area contributed by atoms with Crippen molar-refractivity contribution in [2.24, 2.45) is 5.73 Å². The van der Waals surface area contributed by atoms with Crippen LogP contribution in [-0.4, -0.2) is 16.1 Å². The molecule has 3 N–H and O–H groups in total. The average Bonchev–Trinajstić information content (AvgIpc) is 2.04. The van der Waals surface area contributed by atoms with Crippen molar-refractivity contribution in [3.8, 4) is 0 Å². The Morgan fingerprint density at radius 2 is 2.38 bits per heavy atom. The summed E-state index contributed by atoms with van der Waals surface area (Å²) in [5.74, 6) is -0.895. The summed E-state index contributed by atoms with van der Waals surface area (Å²) in [4.78, 5) is 14.4. The van der Waals surface area contributed by atoms with E-state index in [9.17, 15) is 4.79 Å². The van der Waals surface area contributed by atoms with Crippen LogP contribution in [0, 0.1) is 6.92 Å². The molecule has 0 spiro atoms. The molecule has 0 saturated heterocycles. The van der Waals surface area contributed by atoms with E-state index in [4.69, 9.17) is 10.8 Å². The van der Waals surface area contributed by atoms with E-state index in [-0.39, 0.29) is 6.42 Å². The first-order chi connectivity index (χ1) is 6.09. The fourth-order valence-corrected chi connectivity index (χ4v) is 1.00. The van der Waals surface area contributed by atoms with Crippen LogP contribution < -0.4 is 5.73 Å². The highest BCUT2D eigenvalue weighted by Gasteiger charge is 2.09. The van der Waals surface area contributed by atoms with E-state index in [1.54, 1.807) is 12.3 Å². The number of nitrogens with two attached hydrogens (primary N) is 1. The lowest BCUT2D eigenvalue weighted by Crippen LogP contribution is -2.15. The van der Waals surface area contributed by atoms with Crippen molar-refractivity contribution in [1.82, 2.24) is 4.98 Å². The Kier molecular flexibility index (Phi) is 2.97. The predicted molar refractivity (Wildman–Crippen MR) is 48.2 cm³/mol.